The van der Waals surface area contributed by atoms with E-state index in [1.54, 1.807) is 0 Å². The van der Waals surface area contributed by atoms with E-state index >= 15 is 0 Å². The van der Waals surface area contributed by atoms with Crippen LogP contribution in [0.15, 0.2) is 0 Å². The third kappa shape index (κ3) is 29.3. The molecule has 0 radical (unpaired) electrons. The second-order valence-corrected chi connectivity index (χ2v) is 13.6. The topological polar surface area (TPSA) is 43.4 Å². The molecule has 0 bridgehead atoms. The fraction of sp³-hybridized carbons (Fsp3) is 1.00. The highest BCUT2D eigenvalue weighted by atomic mass is 32.2. The number of rotatable bonds is 30. The molecule has 0 unspecified atom stereocenters. The Bertz CT molecular complexity index is 564. The molecule has 0 N–H and O–H groups in total. The first kappa shape index (κ1) is 41.9. The van der Waals surface area contributed by atoms with E-state index < -0.39 is 10.1 Å². The first-order valence-corrected chi connectivity index (χ1v) is 19.2. The minimum atomic E-state index is -3.34. The van der Waals surface area contributed by atoms with E-state index in [1.165, 1.54) is 121 Å². The van der Waals surface area contributed by atoms with Gasteiger partial charge in [-0.3, -0.25) is 8.57 Å². The van der Waals surface area contributed by atoms with E-state index in [1.807, 2.05) is 0 Å². The lowest BCUT2D eigenvalue weighted by Gasteiger charge is -2.34. The Balaban J connectivity index is 0. The van der Waals surface area contributed by atoms with Crippen molar-refractivity contribution < 1.29 is 21.5 Å². The number of quaternary nitrogens is 1. The molecule has 0 aromatic carbocycles. The van der Waals surface area contributed by atoms with Crippen LogP contribution in [0.25, 0.3) is 0 Å². The van der Waals surface area contributed by atoms with Crippen LogP contribution in [0.2, 0.25) is 0 Å². The minimum absolute atomic E-state index is 0.161. The van der Waals surface area contributed by atoms with Crippen molar-refractivity contribution in [3.8, 4) is 0 Å². The molecule has 0 aliphatic rings. The van der Waals surface area contributed by atoms with Crippen molar-refractivity contribution >= 4 is 10.1 Å². The van der Waals surface area contributed by atoms with Crippen molar-refractivity contribution in [2.45, 2.75) is 176 Å². The molecular formula is C34H73FNO3S+. The van der Waals surface area contributed by atoms with E-state index in [-0.39, 0.29) is 12.4 Å². The number of alkyl halides is 1. The lowest BCUT2D eigenvalue weighted by Crippen LogP contribution is -2.47. The van der Waals surface area contributed by atoms with Gasteiger partial charge in [0, 0.05) is 0 Å². The predicted molar refractivity (Wildman–Crippen MR) is 175 cm³/mol. The summed E-state index contributed by atoms with van der Waals surface area (Å²) in [5, 5.41) is 0. The Morgan fingerprint density at radius 1 is 0.475 bits per heavy atom. The summed E-state index contributed by atoms with van der Waals surface area (Å²) < 4.78 is 42.3. The van der Waals surface area contributed by atoms with Crippen molar-refractivity contribution in [2.75, 3.05) is 45.2 Å². The molecule has 0 heterocycles. The lowest BCUT2D eigenvalue weighted by molar-refractivity contribution is -0.921. The molecule has 0 spiro atoms. The standard InChI is InChI=1S/C26H53FO3S.C8H20N/c1-2-3-4-5-6-7-8-10-13-16-19-22-25-30-31(28,29)26-23-20-17-14-11-9-12-15-18-21-24-27;1-5-9(6-2,7-3)8-4/h2-26H2,1H3;5-8H2,1-4H3/q;+1. The van der Waals surface area contributed by atoms with Crippen LogP contribution >= 0.6 is 0 Å². The number of nitrogens with zero attached hydrogens (tertiary/aromatic N) is 1. The maximum atomic E-state index is 12.0. The van der Waals surface area contributed by atoms with Gasteiger partial charge in [-0.2, -0.15) is 8.42 Å². The van der Waals surface area contributed by atoms with Gasteiger partial charge in [-0.25, -0.2) is 0 Å². The average Bonchev–Trinajstić information content (AvgIpc) is 2.96. The molecule has 0 amide bonds. The highest BCUT2D eigenvalue weighted by molar-refractivity contribution is 7.86. The molecule has 0 aliphatic carbocycles. The summed E-state index contributed by atoms with van der Waals surface area (Å²) in [6.07, 6.45) is 25.7. The third-order valence-electron chi connectivity index (χ3n) is 8.72. The molecule has 40 heavy (non-hydrogen) atoms. The van der Waals surface area contributed by atoms with E-state index in [4.69, 9.17) is 4.18 Å². The fourth-order valence-electron chi connectivity index (χ4n) is 5.32. The van der Waals surface area contributed by atoms with Crippen LogP contribution in [-0.4, -0.2) is 58.1 Å². The molecule has 6 heteroatoms. The first-order chi connectivity index (χ1) is 19.4. The van der Waals surface area contributed by atoms with Gasteiger partial charge in [0.2, 0.25) is 0 Å². The van der Waals surface area contributed by atoms with Crippen molar-refractivity contribution in [1.29, 1.82) is 0 Å². The molecule has 0 saturated heterocycles. The van der Waals surface area contributed by atoms with Crippen LogP contribution in [0.5, 0.6) is 0 Å². The van der Waals surface area contributed by atoms with Gasteiger partial charge in [0.15, 0.2) is 0 Å². The van der Waals surface area contributed by atoms with Crippen LogP contribution in [0.4, 0.5) is 4.39 Å². The number of unbranched alkanes of at least 4 members (excludes halogenated alkanes) is 20. The van der Waals surface area contributed by atoms with Gasteiger partial charge < -0.3 is 4.48 Å². The summed E-state index contributed by atoms with van der Waals surface area (Å²) in [5.41, 5.74) is 0. The molecule has 0 fully saturated rings. The fourth-order valence-corrected chi connectivity index (χ4v) is 6.36. The smallest absolute Gasteiger partial charge is 0.267 e. The zero-order valence-electron chi connectivity index (χ0n) is 28.0. The summed E-state index contributed by atoms with van der Waals surface area (Å²) in [6, 6.07) is 0. The largest absolute Gasteiger partial charge is 0.325 e. The van der Waals surface area contributed by atoms with Crippen LogP contribution in [0.1, 0.15) is 176 Å². The molecular weight excluding hydrogens is 521 g/mol. The van der Waals surface area contributed by atoms with E-state index in [9.17, 15) is 12.8 Å². The van der Waals surface area contributed by atoms with Gasteiger partial charge in [-0.1, -0.05) is 129 Å². The van der Waals surface area contributed by atoms with Crippen molar-refractivity contribution in [2.24, 2.45) is 0 Å². The van der Waals surface area contributed by atoms with Gasteiger partial charge in [0.1, 0.15) is 0 Å². The van der Waals surface area contributed by atoms with Gasteiger partial charge in [0.25, 0.3) is 10.1 Å². The van der Waals surface area contributed by atoms with E-state index in [0.29, 0.717) is 19.4 Å². The maximum absolute atomic E-state index is 12.0. The molecule has 0 rings (SSSR count). The Morgan fingerprint density at radius 2 is 0.800 bits per heavy atom. The van der Waals surface area contributed by atoms with Crippen LogP contribution < -0.4 is 0 Å². The Labute approximate surface area is 252 Å². The van der Waals surface area contributed by atoms with Crippen molar-refractivity contribution in [3.05, 3.63) is 0 Å². The zero-order chi connectivity index (χ0) is 30.2. The van der Waals surface area contributed by atoms with Gasteiger partial charge in [0.05, 0.1) is 45.2 Å². The molecule has 4 nitrogen and oxygen atoms in total. The second-order valence-electron chi connectivity index (χ2n) is 11.8. The normalized spacial score (nSPS) is 11.9. The lowest BCUT2D eigenvalue weighted by atomic mass is 10.1. The monoisotopic (exact) mass is 595 g/mol. The molecule has 0 aromatic heterocycles. The number of halogens is 1. The van der Waals surface area contributed by atoms with Crippen LogP contribution in [0, 0.1) is 0 Å². The molecule has 0 aliphatic heterocycles. The SMILES string of the molecule is CCCCCCCCCCCCCCOS(=O)(=O)CCCCCCCCCCCCF.CC[N+](CC)(CC)CC. The highest BCUT2D eigenvalue weighted by Crippen LogP contribution is 2.14. The van der Waals surface area contributed by atoms with E-state index in [2.05, 4.69) is 34.6 Å². The van der Waals surface area contributed by atoms with Gasteiger partial charge in [-0.05, 0) is 47.0 Å². The average molecular weight is 595 g/mol. The predicted octanol–water partition coefficient (Wildman–Crippen LogP) is 10.8. The third-order valence-corrected chi connectivity index (χ3v) is 10.0. The molecule has 0 aromatic rings. The summed E-state index contributed by atoms with van der Waals surface area (Å²) in [5.74, 6) is 0.161. The molecule has 244 valence electrons. The Hall–Kier alpha value is -0.200. The summed E-state index contributed by atoms with van der Waals surface area (Å²) >= 11 is 0. The summed E-state index contributed by atoms with van der Waals surface area (Å²) in [6.45, 7) is 16.6. The Kier molecular flexibility index (Phi) is 33.3. The summed E-state index contributed by atoms with van der Waals surface area (Å²) in [7, 11) is -3.34. The van der Waals surface area contributed by atoms with Gasteiger partial charge >= 0.3 is 0 Å². The number of hydrogen-bond acceptors (Lipinski definition) is 3. The van der Waals surface area contributed by atoms with Crippen LogP contribution in [-0.2, 0) is 14.3 Å². The second kappa shape index (κ2) is 31.7. The minimum Gasteiger partial charge on any atom is -0.325 e. The first-order valence-electron chi connectivity index (χ1n) is 17.6. The van der Waals surface area contributed by atoms with Crippen molar-refractivity contribution in [3.63, 3.8) is 0 Å². The van der Waals surface area contributed by atoms with Crippen LogP contribution in [0.3, 0.4) is 0 Å². The molecule has 0 saturated carbocycles. The van der Waals surface area contributed by atoms with E-state index in [0.717, 1.165) is 38.5 Å². The highest BCUT2D eigenvalue weighted by Gasteiger charge is 2.16. The zero-order valence-corrected chi connectivity index (χ0v) is 28.8. The quantitative estimate of drug-likeness (QED) is 0.0472. The van der Waals surface area contributed by atoms with Gasteiger partial charge in [-0.15, -0.1) is 0 Å². The molecule has 0 atom stereocenters. The summed E-state index contributed by atoms with van der Waals surface area (Å²) in [4.78, 5) is 0. The maximum Gasteiger partial charge on any atom is 0.267 e. The Morgan fingerprint density at radius 3 is 1.12 bits per heavy atom. The van der Waals surface area contributed by atoms with Crippen molar-refractivity contribution in [1.82, 2.24) is 0 Å². The number of hydrogen-bond donors (Lipinski definition) is 0.